The van der Waals surface area contributed by atoms with Crippen molar-refractivity contribution in [2.24, 2.45) is 0 Å². The molecule has 63 heavy (non-hydrogen) atoms. The number of ether oxygens (including phenoxy) is 2. The second kappa shape index (κ2) is 24.4. The molecule has 18 heteroatoms. The van der Waals surface area contributed by atoms with E-state index < -0.39 is 11.7 Å². The van der Waals surface area contributed by atoms with Gasteiger partial charge in [0.15, 0.2) is 0 Å². The van der Waals surface area contributed by atoms with Crippen LogP contribution in [-0.4, -0.2) is 96.9 Å². The number of alkyl carbamates (subject to hydrolysis) is 1. The molecule has 0 radical (unpaired) electrons. The van der Waals surface area contributed by atoms with Crippen LogP contribution in [0.1, 0.15) is 87.4 Å². The number of aryl methyl sites for hydroxylation is 2. The fraction of sp³-hybridized carbons (Fsp3) is 0.422. The molecule has 6 rings (SSSR count). The summed E-state index contributed by atoms with van der Waals surface area (Å²) in [6.07, 6.45) is 13.1. The fourth-order valence-corrected chi connectivity index (χ4v) is 7.65. The fourth-order valence-electron chi connectivity index (χ4n) is 5.53. The highest BCUT2D eigenvalue weighted by Crippen LogP contribution is 2.28. The van der Waals surface area contributed by atoms with Gasteiger partial charge in [-0.15, -0.1) is 22.7 Å². The van der Waals surface area contributed by atoms with Crippen LogP contribution in [0.2, 0.25) is 5.15 Å². The molecule has 15 nitrogen and oxygen atoms in total. The zero-order valence-corrected chi connectivity index (χ0v) is 40.1. The van der Waals surface area contributed by atoms with Crippen molar-refractivity contribution in [2.45, 2.75) is 92.3 Å². The average Bonchev–Trinajstić information content (AvgIpc) is 3.87. The van der Waals surface area contributed by atoms with Gasteiger partial charge in [0.05, 0.1) is 31.2 Å². The van der Waals surface area contributed by atoms with Crippen molar-refractivity contribution in [1.82, 2.24) is 50.5 Å². The van der Waals surface area contributed by atoms with Crippen molar-refractivity contribution >= 4 is 52.2 Å². The van der Waals surface area contributed by atoms with E-state index in [0.717, 1.165) is 61.1 Å². The highest BCUT2D eigenvalue weighted by Gasteiger charge is 2.17. The number of aromatic nitrogens is 8. The number of hydrogen-bond donors (Lipinski definition) is 2. The Hall–Kier alpha value is -5.49. The average molecular weight is 917 g/mol. The van der Waals surface area contributed by atoms with Crippen molar-refractivity contribution in [1.29, 1.82) is 0 Å². The van der Waals surface area contributed by atoms with E-state index >= 15 is 0 Å². The molecule has 6 aromatic heterocycles. The van der Waals surface area contributed by atoms with Gasteiger partial charge in [0, 0.05) is 82.6 Å². The molecule has 0 fully saturated rings. The molecule has 0 aliphatic carbocycles. The van der Waals surface area contributed by atoms with E-state index in [1.165, 1.54) is 0 Å². The first kappa shape index (κ1) is 50.2. The maximum atomic E-state index is 11.8. The van der Waals surface area contributed by atoms with Gasteiger partial charge in [0.2, 0.25) is 0 Å². The molecule has 1 amide bonds. The predicted octanol–water partition coefficient (Wildman–Crippen LogP) is 8.73. The van der Waals surface area contributed by atoms with Crippen LogP contribution in [0.15, 0.2) is 73.6 Å². The van der Waals surface area contributed by atoms with E-state index in [1.54, 1.807) is 53.5 Å². The van der Waals surface area contributed by atoms with E-state index in [2.05, 4.69) is 50.5 Å². The minimum atomic E-state index is -0.512. The number of likely N-dealkylation sites (N-methyl/N-ethyl adjacent to an activating group) is 1. The van der Waals surface area contributed by atoms with Crippen LogP contribution in [0.5, 0.6) is 0 Å². The minimum absolute atomic E-state index is 0.113. The minimum Gasteiger partial charge on any atom is -0.460 e. The Kier molecular flexibility index (Phi) is 19.4. The molecule has 0 atom stereocenters. The van der Waals surface area contributed by atoms with Crippen molar-refractivity contribution < 1.29 is 19.1 Å². The summed E-state index contributed by atoms with van der Waals surface area (Å²) in [5.74, 6) is 2.07. The Morgan fingerprint density at radius 3 is 1.73 bits per heavy atom. The molecule has 0 aromatic carbocycles. The molecule has 0 aliphatic heterocycles. The first-order valence-electron chi connectivity index (χ1n) is 20.4. The monoisotopic (exact) mass is 915 g/mol. The van der Waals surface area contributed by atoms with Gasteiger partial charge in [0.25, 0.3) is 0 Å². The lowest BCUT2D eigenvalue weighted by Gasteiger charge is -2.22. The summed E-state index contributed by atoms with van der Waals surface area (Å²) in [5, 5.41) is 8.21. The van der Waals surface area contributed by atoms with E-state index in [0.29, 0.717) is 49.2 Å². The molecule has 336 valence electrons. The van der Waals surface area contributed by atoms with Gasteiger partial charge in [-0.1, -0.05) is 11.6 Å². The number of anilines is 1. The number of halogens is 1. The molecule has 6 heterocycles. The summed E-state index contributed by atoms with van der Waals surface area (Å²) >= 11 is 9.24. The third-order valence-corrected chi connectivity index (χ3v) is 10.5. The Morgan fingerprint density at radius 2 is 1.24 bits per heavy atom. The number of nitrogens with one attached hydrogen (secondary N) is 2. The molecular weight excluding hydrogens is 858 g/mol. The van der Waals surface area contributed by atoms with E-state index in [4.69, 9.17) is 21.1 Å². The van der Waals surface area contributed by atoms with Gasteiger partial charge in [-0.3, -0.25) is 14.8 Å². The Balaban J connectivity index is 0.000000232. The maximum absolute atomic E-state index is 11.8. The Morgan fingerprint density at radius 1 is 0.730 bits per heavy atom. The summed E-state index contributed by atoms with van der Waals surface area (Å²) < 4.78 is 10.4. The van der Waals surface area contributed by atoms with Gasteiger partial charge >= 0.3 is 12.1 Å². The first-order valence-corrected chi connectivity index (χ1v) is 22.5. The van der Waals surface area contributed by atoms with Crippen LogP contribution in [0.4, 0.5) is 10.6 Å². The number of rotatable bonds is 14. The largest absolute Gasteiger partial charge is 0.460 e. The van der Waals surface area contributed by atoms with Crippen LogP contribution in [0.3, 0.4) is 0 Å². The van der Waals surface area contributed by atoms with E-state index in [-0.39, 0.29) is 11.6 Å². The summed E-state index contributed by atoms with van der Waals surface area (Å²) in [6, 6.07) is 11.6. The number of carbonyl (C=O) groups is 2. The van der Waals surface area contributed by atoms with E-state index in [9.17, 15) is 9.59 Å². The number of carbonyl (C=O) groups excluding carboxylic acids is 2. The smallest absolute Gasteiger partial charge is 0.407 e. The zero-order chi connectivity index (χ0) is 46.0. The standard InChI is InChI=1S/C22H28N6O2S.C14H11ClN4S.C9H19NO2/c1-15-26-17(13-20-25-14-18(31-20)16-6-8-23-9-7-16)12-19(27-15)28(5)11-10-24-21(29)30-22(2,3)4;1-9-18-11(6-13(15)19-9)7-14-17-8-12(20-14)10-2-4-16-5-3-10;1-9(2,3)12-8(11)6-5-7-10-4/h6-9,12,14H,10-11,13H2,1-5H3,(H,24,29);2-6,8H,7H2,1H3;10H,5-7H2,1-4H3. The number of amides is 1. The van der Waals surface area contributed by atoms with Gasteiger partial charge in [-0.25, -0.2) is 34.7 Å². The quantitative estimate of drug-likeness (QED) is 0.0601. The number of esters is 1. The molecule has 2 N–H and O–H groups in total. The van der Waals surface area contributed by atoms with Crippen molar-refractivity contribution in [3.63, 3.8) is 0 Å². The maximum Gasteiger partial charge on any atom is 0.407 e. The lowest BCUT2D eigenvalue weighted by molar-refractivity contribution is -0.154. The summed E-state index contributed by atoms with van der Waals surface area (Å²) in [7, 11) is 3.81. The SMILES string of the molecule is CNCCCC(=O)OC(C)(C)C.Cc1nc(Cc2ncc(-c3ccncc3)s2)cc(N(C)CCNC(=O)OC(C)(C)C)n1.Cc1nc(Cl)cc(Cc2ncc(-c3ccncc3)s2)n1. The zero-order valence-electron chi connectivity index (χ0n) is 37.7. The molecule has 0 bridgehead atoms. The first-order chi connectivity index (χ1) is 29.9. The number of thiazole rings is 2. The van der Waals surface area contributed by atoms with Gasteiger partial charge in [-0.05, 0) is 117 Å². The molecule has 0 unspecified atom stereocenters. The van der Waals surface area contributed by atoms with Crippen LogP contribution >= 0.6 is 34.3 Å². The number of nitrogens with zero attached hydrogens (tertiary/aromatic N) is 9. The normalized spacial score (nSPS) is 11.1. The molecular formula is C45H58ClN11O4S2. The lowest BCUT2D eigenvalue weighted by Crippen LogP contribution is -2.37. The molecule has 6 aromatic rings. The summed E-state index contributed by atoms with van der Waals surface area (Å²) in [4.78, 5) is 61.7. The number of hydrogen-bond acceptors (Lipinski definition) is 16. The molecule has 0 aliphatic rings. The second-order valence-electron chi connectivity index (χ2n) is 16.2. The van der Waals surface area contributed by atoms with Crippen LogP contribution < -0.4 is 15.5 Å². The highest BCUT2D eigenvalue weighted by molar-refractivity contribution is 7.15. The third-order valence-electron chi connectivity index (χ3n) is 8.17. The third kappa shape index (κ3) is 19.2. The predicted molar refractivity (Wildman–Crippen MR) is 251 cm³/mol. The van der Waals surface area contributed by atoms with Gasteiger partial charge in [0.1, 0.15) is 33.8 Å². The topological polar surface area (TPSA) is 183 Å². The summed E-state index contributed by atoms with van der Waals surface area (Å²) in [6.45, 7) is 16.8. The summed E-state index contributed by atoms with van der Waals surface area (Å²) in [5.41, 5.74) is 3.16. The van der Waals surface area contributed by atoms with Crippen LogP contribution in [-0.2, 0) is 27.1 Å². The molecule has 0 saturated heterocycles. The molecule has 0 spiro atoms. The highest BCUT2D eigenvalue weighted by atomic mass is 35.5. The number of pyridine rings is 2. The van der Waals surface area contributed by atoms with Crippen LogP contribution in [0, 0.1) is 13.8 Å². The van der Waals surface area contributed by atoms with Gasteiger partial charge < -0.3 is 25.0 Å². The van der Waals surface area contributed by atoms with Crippen molar-refractivity contribution in [2.75, 3.05) is 38.6 Å². The Bertz CT molecular complexity index is 2310. The van der Waals surface area contributed by atoms with Crippen LogP contribution in [0.25, 0.3) is 20.9 Å². The lowest BCUT2D eigenvalue weighted by atomic mass is 10.2. The second-order valence-corrected chi connectivity index (χ2v) is 18.8. The Labute approximate surface area is 383 Å². The molecule has 0 saturated carbocycles. The van der Waals surface area contributed by atoms with Crippen molar-refractivity contribution in [3.8, 4) is 20.9 Å². The van der Waals surface area contributed by atoms with Gasteiger partial charge in [-0.2, -0.15) is 0 Å². The van der Waals surface area contributed by atoms with Crippen molar-refractivity contribution in [3.05, 3.63) is 112 Å². The van der Waals surface area contributed by atoms with E-state index in [1.807, 2.05) is 117 Å².